The van der Waals surface area contributed by atoms with Crippen LogP contribution in [0.15, 0.2) is 24.3 Å². The van der Waals surface area contributed by atoms with Gasteiger partial charge in [0.15, 0.2) is 0 Å². The van der Waals surface area contributed by atoms with Crippen LogP contribution in [-0.2, 0) is 4.79 Å². The summed E-state index contributed by atoms with van der Waals surface area (Å²) in [5.41, 5.74) is 0.747. The lowest BCUT2D eigenvalue weighted by molar-refractivity contribution is -0.117. The molecule has 5 heteroatoms. The smallest absolute Gasteiger partial charge is 0.240 e. The standard InChI is InChI=1S/C14H19FN2O.ClH/c1-2-17(13-7-5-12(15)6-8-13)14(18)10-16-9-11-3-4-11;/h5-8,11,16H,2-4,9-10H2,1H3;1H. The molecule has 0 radical (unpaired) electrons. The molecule has 0 spiro atoms. The monoisotopic (exact) mass is 286 g/mol. The van der Waals surface area contributed by atoms with Crippen LogP contribution in [0.25, 0.3) is 0 Å². The summed E-state index contributed by atoms with van der Waals surface area (Å²) in [6.07, 6.45) is 2.55. The fraction of sp³-hybridized carbons (Fsp3) is 0.500. The van der Waals surface area contributed by atoms with E-state index in [-0.39, 0.29) is 24.1 Å². The molecule has 2 rings (SSSR count). The van der Waals surface area contributed by atoms with Crippen LogP contribution in [0.1, 0.15) is 19.8 Å². The molecule has 1 aromatic rings. The molecule has 0 bridgehead atoms. The molecule has 0 atom stereocenters. The van der Waals surface area contributed by atoms with Gasteiger partial charge < -0.3 is 10.2 Å². The molecule has 106 valence electrons. The van der Waals surface area contributed by atoms with Gasteiger partial charge in [-0.05, 0) is 56.5 Å². The molecular formula is C14H20ClFN2O. The minimum atomic E-state index is -0.283. The maximum Gasteiger partial charge on any atom is 0.240 e. The highest BCUT2D eigenvalue weighted by Gasteiger charge is 2.21. The number of nitrogens with zero attached hydrogens (tertiary/aromatic N) is 1. The van der Waals surface area contributed by atoms with Crippen LogP contribution in [0.2, 0.25) is 0 Å². The minimum Gasteiger partial charge on any atom is -0.312 e. The molecule has 1 saturated carbocycles. The van der Waals surface area contributed by atoms with E-state index in [2.05, 4.69) is 5.32 Å². The summed E-state index contributed by atoms with van der Waals surface area (Å²) in [4.78, 5) is 13.7. The zero-order valence-electron chi connectivity index (χ0n) is 11.1. The van der Waals surface area contributed by atoms with Gasteiger partial charge >= 0.3 is 0 Å². The van der Waals surface area contributed by atoms with Gasteiger partial charge in [-0.15, -0.1) is 12.4 Å². The van der Waals surface area contributed by atoms with E-state index in [1.54, 1.807) is 17.0 Å². The van der Waals surface area contributed by atoms with Gasteiger partial charge in [-0.3, -0.25) is 4.79 Å². The van der Waals surface area contributed by atoms with Gasteiger partial charge in [0.1, 0.15) is 5.82 Å². The van der Waals surface area contributed by atoms with Crippen LogP contribution < -0.4 is 10.2 Å². The van der Waals surface area contributed by atoms with E-state index in [9.17, 15) is 9.18 Å². The second-order valence-electron chi connectivity index (χ2n) is 4.69. The number of halogens is 2. The molecule has 0 heterocycles. The summed E-state index contributed by atoms with van der Waals surface area (Å²) in [5, 5.41) is 3.18. The maximum absolute atomic E-state index is 12.8. The molecule has 1 aromatic carbocycles. The van der Waals surface area contributed by atoms with Crippen molar-refractivity contribution >= 4 is 24.0 Å². The summed E-state index contributed by atoms with van der Waals surface area (Å²) in [6, 6.07) is 6.03. The Morgan fingerprint density at radius 1 is 1.37 bits per heavy atom. The molecular weight excluding hydrogens is 267 g/mol. The first-order chi connectivity index (χ1) is 8.70. The molecule has 1 aliphatic carbocycles. The normalized spacial score (nSPS) is 13.8. The first kappa shape index (κ1) is 15.9. The van der Waals surface area contributed by atoms with E-state index in [0.717, 1.165) is 18.2 Å². The second-order valence-corrected chi connectivity index (χ2v) is 4.69. The third kappa shape index (κ3) is 4.80. The first-order valence-electron chi connectivity index (χ1n) is 6.47. The predicted octanol–water partition coefficient (Wildman–Crippen LogP) is 2.60. The molecule has 0 saturated heterocycles. The SMILES string of the molecule is CCN(C(=O)CNCC1CC1)c1ccc(F)cc1.Cl. The van der Waals surface area contributed by atoms with Crippen molar-refractivity contribution in [3.63, 3.8) is 0 Å². The van der Waals surface area contributed by atoms with Crippen LogP contribution in [0.3, 0.4) is 0 Å². The number of carbonyl (C=O) groups is 1. The lowest BCUT2D eigenvalue weighted by Crippen LogP contribution is -2.38. The predicted molar refractivity (Wildman–Crippen MR) is 77.3 cm³/mol. The Kier molecular flexibility index (Phi) is 6.25. The zero-order valence-corrected chi connectivity index (χ0v) is 11.9. The van der Waals surface area contributed by atoms with E-state index in [1.165, 1.54) is 25.0 Å². The number of benzene rings is 1. The van der Waals surface area contributed by atoms with E-state index in [0.29, 0.717) is 13.1 Å². The van der Waals surface area contributed by atoms with Gasteiger partial charge in [-0.1, -0.05) is 0 Å². The maximum atomic E-state index is 12.8. The summed E-state index contributed by atoms with van der Waals surface area (Å²) < 4.78 is 12.8. The lowest BCUT2D eigenvalue weighted by atomic mass is 10.2. The van der Waals surface area contributed by atoms with Crippen molar-refractivity contribution in [2.24, 2.45) is 5.92 Å². The van der Waals surface area contributed by atoms with Crippen LogP contribution in [-0.4, -0.2) is 25.5 Å². The molecule has 1 aliphatic rings. The van der Waals surface area contributed by atoms with Gasteiger partial charge in [-0.25, -0.2) is 4.39 Å². The van der Waals surface area contributed by atoms with Gasteiger partial charge in [0.25, 0.3) is 0 Å². The third-order valence-electron chi connectivity index (χ3n) is 3.16. The van der Waals surface area contributed by atoms with Crippen LogP contribution in [0.5, 0.6) is 0 Å². The van der Waals surface area contributed by atoms with Crippen molar-refractivity contribution in [1.29, 1.82) is 0 Å². The minimum absolute atomic E-state index is 0. The summed E-state index contributed by atoms with van der Waals surface area (Å²) in [5.74, 6) is 0.512. The number of likely N-dealkylation sites (N-methyl/N-ethyl adjacent to an activating group) is 1. The number of anilines is 1. The molecule has 1 amide bonds. The van der Waals surface area contributed by atoms with E-state index < -0.39 is 0 Å². The van der Waals surface area contributed by atoms with Crippen molar-refractivity contribution in [3.8, 4) is 0 Å². The average molecular weight is 287 g/mol. The van der Waals surface area contributed by atoms with Crippen molar-refractivity contribution in [2.45, 2.75) is 19.8 Å². The molecule has 1 fully saturated rings. The fourth-order valence-electron chi connectivity index (χ4n) is 1.92. The van der Waals surface area contributed by atoms with Crippen molar-refractivity contribution < 1.29 is 9.18 Å². The summed E-state index contributed by atoms with van der Waals surface area (Å²) >= 11 is 0. The molecule has 0 aliphatic heterocycles. The number of hydrogen-bond donors (Lipinski definition) is 1. The first-order valence-corrected chi connectivity index (χ1v) is 6.47. The zero-order chi connectivity index (χ0) is 13.0. The Morgan fingerprint density at radius 2 is 2.00 bits per heavy atom. The molecule has 0 aromatic heterocycles. The van der Waals surface area contributed by atoms with Crippen LogP contribution in [0.4, 0.5) is 10.1 Å². The van der Waals surface area contributed by atoms with Gasteiger partial charge in [0.2, 0.25) is 5.91 Å². The highest BCUT2D eigenvalue weighted by molar-refractivity contribution is 5.94. The largest absolute Gasteiger partial charge is 0.312 e. The summed E-state index contributed by atoms with van der Waals surface area (Å²) in [7, 11) is 0. The Hall–Kier alpha value is -1.13. The quantitative estimate of drug-likeness (QED) is 0.872. The van der Waals surface area contributed by atoms with Gasteiger partial charge in [-0.2, -0.15) is 0 Å². The Bertz CT molecular complexity index is 406. The Morgan fingerprint density at radius 3 is 2.53 bits per heavy atom. The number of hydrogen-bond acceptors (Lipinski definition) is 2. The highest BCUT2D eigenvalue weighted by atomic mass is 35.5. The van der Waals surface area contributed by atoms with Crippen molar-refractivity contribution in [3.05, 3.63) is 30.1 Å². The van der Waals surface area contributed by atoms with Crippen molar-refractivity contribution in [2.75, 3.05) is 24.5 Å². The number of rotatable bonds is 6. The van der Waals surface area contributed by atoms with Crippen molar-refractivity contribution in [1.82, 2.24) is 5.32 Å². The number of amides is 1. The number of carbonyl (C=O) groups excluding carboxylic acids is 1. The fourth-order valence-corrected chi connectivity index (χ4v) is 1.92. The lowest BCUT2D eigenvalue weighted by Gasteiger charge is -2.21. The Balaban J connectivity index is 0.00000180. The van der Waals surface area contributed by atoms with E-state index >= 15 is 0 Å². The molecule has 19 heavy (non-hydrogen) atoms. The molecule has 1 N–H and O–H groups in total. The molecule has 3 nitrogen and oxygen atoms in total. The summed E-state index contributed by atoms with van der Waals surface area (Å²) in [6.45, 7) is 3.78. The van der Waals surface area contributed by atoms with Crippen LogP contribution >= 0.6 is 12.4 Å². The average Bonchev–Trinajstić information content (AvgIpc) is 3.16. The van der Waals surface area contributed by atoms with Gasteiger partial charge in [0.05, 0.1) is 6.54 Å². The second kappa shape index (κ2) is 7.46. The van der Waals surface area contributed by atoms with Gasteiger partial charge in [0, 0.05) is 12.2 Å². The number of nitrogens with one attached hydrogen (secondary N) is 1. The molecule has 0 unspecified atom stereocenters. The highest BCUT2D eigenvalue weighted by Crippen LogP contribution is 2.27. The van der Waals surface area contributed by atoms with E-state index in [4.69, 9.17) is 0 Å². The Labute approximate surface area is 119 Å². The topological polar surface area (TPSA) is 32.3 Å². The van der Waals surface area contributed by atoms with Crippen LogP contribution in [0, 0.1) is 11.7 Å². The van der Waals surface area contributed by atoms with E-state index in [1.807, 2.05) is 6.92 Å². The third-order valence-corrected chi connectivity index (χ3v) is 3.16.